The summed E-state index contributed by atoms with van der Waals surface area (Å²) in [5.74, 6) is -0.612. The number of aromatic hydroxyl groups is 1. The van der Waals surface area contributed by atoms with Crippen LogP contribution in [0.5, 0.6) is 5.75 Å². The van der Waals surface area contributed by atoms with E-state index in [1.165, 1.54) is 19.1 Å². The average Bonchev–Trinajstić information content (AvgIpc) is 1.99. The Morgan fingerprint density at radius 3 is 2.53 bits per heavy atom. The molecule has 0 atom stereocenters. The van der Waals surface area contributed by atoms with Gasteiger partial charge in [0.2, 0.25) is 0 Å². The van der Waals surface area contributed by atoms with Crippen LogP contribution in [0.2, 0.25) is 0 Å². The van der Waals surface area contributed by atoms with E-state index in [1.54, 1.807) is 13.8 Å². The predicted octanol–water partition coefficient (Wildman–Crippen LogP) is 1.80. The molecule has 0 amide bonds. The Bertz CT molecular complexity index is 476. The molecule has 0 radical (unpaired) electrons. The fourth-order valence-corrected chi connectivity index (χ4v) is 1.16. The monoisotopic (exact) mass is 208 g/mol. The van der Waals surface area contributed by atoms with Crippen LogP contribution in [-0.2, 0) is 0 Å². The van der Waals surface area contributed by atoms with Crippen LogP contribution in [0.25, 0.3) is 0 Å². The van der Waals surface area contributed by atoms with E-state index in [9.17, 15) is 14.7 Å². The third-order valence-corrected chi connectivity index (χ3v) is 1.72. The van der Waals surface area contributed by atoms with Gasteiger partial charge < -0.3 is 9.52 Å². The second-order valence-corrected chi connectivity index (χ2v) is 3.49. The maximum absolute atomic E-state index is 11.5. The van der Waals surface area contributed by atoms with E-state index in [-0.39, 0.29) is 17.1 Å². The summed E-state index contributed by atoms with van der Waals surface area (Å²) in [6.07, 6.45) is 1.28. The Balaban J connectivity index is 3.33. The lowest BCUT2D eigenvalue weighted by molar-refractivity contribution is 0.103. The summed E-state index contributed by atoms with van der Waals surface area (Å²) >= 11 is 0. The summed E-state index contributed by atoms with van der Waals surface area (Å²) in [6.45, 7) is 4.98. The first kappa shape index (κ1) is 11.2. The van der Waals surface area contributed by atoms with Crippen LogP contribution in [0.1, 0.15) is 30.0 Å². The van der Waals surface area contributed by atoms with E-state index in [2.05, 4.69) is 0 Å². The molecule has 0 spiro atoms. The Kier molecular flexibility index (Phi) is 3.09. The Labute approximate surface area is 86.9 Å². The van der Waals surface area contributed by atoms with E-state index >= 15 is 0 Å². The summed E-state index contributed by atoms with van der Waals surface area (Å²) in [5, 5.41) is 9.45. The lowest BCUT2D eigenvalue weighted by atomic mass is 10.1. The average molecular weight is 208 g/mol. The van der Waals surface area contributed by atoms with Gasteiger partial charge in [-0.25, -0.2) is 4.79 Å². The van der Waals surface area contributed by atoms with Crippen molar-refractivity contribution in [2.24, 2.45) is 0 Å². The van der Waals surface area contributed by atoms with Crippen LogP contribution in [0.3, 0.4) is 0 Å². The normalized spacial score (nSPS) is 9.80. The van der Waals surface area contributed by atoms with Gasteiger partial charge in [0.05, 0.1) is 0 Å². The fraction of sp³-hybridized carbons (Fsp3) is 0.273. The van der Waals surface area contributed by atoms with Gasteiger partial charge in [0.1, 0.15) is 17.1 Å². The minimum atomic E-state index is -0.810. The van der Waals surface area contributed by atoms with Gasteiger partial charge in [-0.1, -0.05) is 5.57 Å². The molecule has 0 saturated heterocycles. The Morgan fingerprint density at radius 2 is 2.07 bits per heavy atom. The van der Waals surface area contributed by atoms with Crippen LogP contribution < -0.4 is 5.63 Å². The number of carbonyl (C=O) groups excluding carboxylic acids is 1. The first-order chi connectivity index (χ1) is 6.91. The zero-order chi connectivity index (χ0) is 11.6. The third kappa shape index (κ3) is 2.56. The van der Waals surface area contributed by atoms with Gasteiger partial charge >= 0.3 is 5.63 Å². The smallest absolute Gasteiger partial charge is 0.351 e. The van der Waals surface area contributed by atoms with Crippen molar-refractivity contribution in [3.8, 4) is 5.75 Å². The molecule has 1 aromatic heterocycles. The van der Waals surface area contributed by atoms with E-state index < -0.39 is 11.4 Å². The van der Waals surface area contributed by atoms with Crippen LogP contribution in [-0.4, -0.2) is 10.9 Å². The van der Waals surface area contributed by atoms with Gasteiger partial charge in [0.25, 0.3) is 0 Å². The second kappa shape index (κ2) is 4.13. The van der Waals surface area contributed by atoms with Crippen molar-refractivity contribution in [3.05, 3.63) is 39.5 Å². The SMILES string of the molecule is CC(C)=CC(=O)c1c(O)cc(C)oc1=O. The largest absolute Gasteiger partial charge is 0.507 e. The zero-order valence-corrected chi connectivity index (χ0v) is 8.83. The molecule has 0 aromatic carbocycles. The summed E-state index contributed by atoms with van der Waals surface area (Å²) in [4.78, 5) is 22.8. The highest BCUT2D eigenvalue weighted by molar-refractivity contribution is 6.06. The van der Waals surface area contributed by atoms with Crippen LogP contribution >= 0.6 is 0 Å². The molecule has 80 valence electrons. The van der Waals surface area contributed by atoms with Crippen molar-refractivity contribution >= 4 is 5.78 Å². The molecular weight excluding hydrogens is 196 g/mol. The van der Waals surface area contributed by atoms with Crippen molar-refractivity contribution in [2.45, 2.75) is 20.8 Å². The van der Waals surface area contributed by atoms with Crippen LogP contribution in [0.4, 0.5) is 0 Å². The lowest BCUT2D eigenvalue weighted by Gasteiger charge is -2.00. The summed E-state index contributed by atoms with van der Waals surface area (Å²) in [5.41, 5.74) is -0.379. The molecule has 1 aromatic rings. The zero-order valence-electron chi connectivity index (χ0n) is 8.83. The number of allylic oxidation sites excluding steroid dienone is 2. The van der Waals surface area contributed by atoms with E-state index in [1.807, 2.05) is 0 Å². The molecule has 1 rings (SSSR count). The summed E-state index contributed by atoms with van der Waals surface area (Å²) < 4.78 is 4.73. The van der Waals surface area contributed by atoms with E-state index in [0.717, 1.165) is 5.57 Å². The summed E-state index contributed by atoms with van der Waals surface area (Å²) in [7, 11) is 0. The first-order valence-electron chi connectivity index (χ1n) is 4.44. The quantitative estimate of drug-likeness (QED) is 0.594. The maximum Gasteiger partial charge on any atom is 0.351 e. The first-order valence-corrected chi connectivity index (χ1v) is 4.44. The number of aryl methyl sites for hydroxylation is 1. The highest BCUT2D eigenvalue weighted by Gasteiger charge is 2.15. The molecule has 1 heterocycles. The maximum atomic E-state index is 11.5. The Morgan fingerprint density at radius 1 is 1.47 bits per heavy atom. The topological polar surface area (TPSA) is 67.5 Å². The van der Waals surface area contributed by atoms with E-state index in [0.29, 0.717) is 0 Å². The molecule has 0 aliphatic carbocycles. The molecule has 0 aliphatic rings. The molecule has 15 heavy (non-hydrogen) atoms. The van der Waals surface area contributed by atoms with Crippen molar-refractivity contribution in [3.63, 3.8) is 0 Å². The van der Waals surface area contributed by atoms with E-state index in [4.69, 9.17) is 4.42 Å². The van der Waals surface area contributed by atoms with Crippen LogP contribution in [0, 0.1) is 6.92 Å². The molecule has 0 unspecified atom stereocenters. The fourth-order valence-electron chi connectivity index (χ4n) is 1.16. The van der Waals surface area contributed by atoms with Gasteiger partial charge in [-0.15, -0.1) is 0 Å². The van der Waals surface area contributed by atoms with Crippen molar-refractivity contribution in [2.75, 3.05) is 0 Å². The number of carbonyl (C=O) groups is 1. The Hall–Kier alpha value is -1.84. The number of rotatable bonds is 2. The van der Waals surface area contributed by atoms with Gasteiger partial charge in [0, 0.05) is 6.07 Å². The number of hydrogen-bond donors (Lipinski definition) is 1. The van der Waals surface area contributed by atoms with Crippen LogP contribution in [0.15, 0.2) is 26.9 Å². The molecule has 4 heteroatoms. The third-order valence-electron chi connectivity index (χ3n) is 1.72. The summed E-state index contributed by atoms with van der Waals surface area (Å²) in [6, 6.07) is 1.24. The molecule has 4 nitrogen and oxygen atoms in total. The second-order valence-electron chi connectivity index (χ2n) is 3.49. The lowest BCUT2D eigenvalue weighted by Crippen LogP contribution is -2.13. The van der Waals surface area contributed by atoms with Crippen molar-refractivity contribution < 1.29 is 14.3 Å². The minimum absolute atomic E-state index is 0.270. The van der Waals surface area contributed by atoms with Gasteiger partial charge in [0.15, 0.2) is 5.78 Å². The minimum Gasteiger partial charge on any atom is -0.507 e. The molecule has 0 bridgehead atoms. The number of ketones is 1. The van der Waals surface area contributed by atoms with Gasteiger partial charge in [-0.3, -0.25) is 4.79 Å². The molecule has 1 N–H and O–H groups in total. The van der Waals surface area contributed by atoms with Crippen molar-refractivity contribution in [1.82, 2.24) is 0 Å². The van der Waals surface area contributed by atoms with Crippen molar-refractivity contribution in [1.29, 1.82) is 0 Å². The standard InChI is InChI=1S/C11H12O4/c1-6(2)4-8(12)10-9(13)5-7(3)15-11(10)14/h4-5,13H,1-3H3. The predicted molar refractivity (Wildman–Crippen MR) is 55.1 cm³/mol. The number of hydrogen-bond acceptors (Lipinski definition) is 4. The highest BCUT2D eigenvalue weighted by Crippen LogP contribution is 2.15. The van der Waals surface area contributed by atoms with Gasteiger partial charge in [-0.05, 0) is 26.8 Å². The molecule has 0 saturated carbocycles. The van der Waals surface area contributed by atoms with Gasteiger partial charge in [-0.2, -0.15) is 0 Å². The molecular formula is C11H12O4. The molecule has 0 aliphatic heterocycles. The molecule has 0 fully saturated rings. The highest BCUT2D eigenvalue weighted by atomic mass is 16.4.